The van der Waals surface area contributed by atoms with Crippen LogP contribution in [0.25, 0.3) is 28.1 Å². The van der Waals surface area contributed by atoms with Gasteiger partial charge in [-0.05, 0) is 24.3 Å². The number of pyridine rings is 1. The number of nitrogens with zero attached hydrogens (tertiary/aromatic N) is 5. The molecule has 0 saturated heterocycles. The second-order valence-corrected chi connectivity index (χ2v) is 5.15. The van der Waals surface area contributed by atoms with E-state index in [0.29, 0.717) is 10.8 Å². The van der Waals surface area contributed by atoms with Gasteiger partial charge in [0.1, 0.15) is 12.0 Å². The van der Waals surface area contributed by atoms with Gasteiger partial charge in [-0.15, -0.1) is 0 Å². The Morgan fingerprint density at radius 1 is 0.955 bits per heavy atom. The summed E-state index contributed by atoms with van der Waals surface area (Å²) in [5.74, 6) is 0.714. The summed E-state index contributed by atoms with van der Waals surface area (Å²) >= 11 is 5.96. The van der Waals surface area contributed by atoms with Gasteiger partial charge in [0.2, 0.25) is 0 Å². The quantitative estimate of drug-likeness (QED) is 0.568. The van der Waals surface area contributed by atoms with Crippen LogP contribution in [0.3, 0.4) is 0 Å². The van der Waals surface area contributed by atoms with Gasteiger partial charge in [0, 0.05) is 23.0 Å². The van der Waals surface area contributed by atoms with Gasteiger partial charge in [0.25, 0.3) is 0 Å². The molecule has 0 unspecified atom stereocenters. The van der Waals surface area contributed by atoms with Gasteiger partial charge in [-0.3, -0.25) is 0 Å². The molecule has 5 nitrogen and oxygen atoms in total. The molecule has 4 aromatic rings. The van der Waals surface area contributed by atoms with E-state index in [-0.39, 0.29) is 0 Å². The fourth-order valence-corrected chi connectivity index (χ4v) is 2.45. The molecule has 3 heterocycles. The van der Waals surface area contributed by atoms with Crippen molar-refractivity contribution in [3.05, 3.63) is 66.2 Å². The Labute approximate surface area is 131 Å². The van der Waals surface area contributed by atoms with E-state index in [1.807, 2.05) is 42.5 Å². The van der Waals surface area contributed by atoms with E-state index < -0.39 is 0 Å². The van der Waals surface area contributed by atoms with E-state index in [9.17, 15) is 0 Å². The first-order valence-corrected chi connectivity index (χ1v) is 7.07. The maximum absolute atomic E-state index is 5.96. The topological polar surface area (TPSA) is 56.5 Å². The molecule has 0 radical (unpaired) electrons. The predicted molar refractivity (Wildman–Crippen MR) is 84.9 cm³/mol. The van der Waals surface area contributed by atoms with Crippen molar-refractivity contribution in [2.45, 2.75) is 0 Å². The van der Waals surface area contributed by atoms with Crippen LogP contribution in [0, 0.1) is 0 Å². The predicted octanol–water partition coefficient (Wildman–Crippen LogP) is 3.53. The van der Waals surface area contributed by atoms with Crippen LogP contribution in [0.4, 0.5) is 0 Å². The average molecular weight is 308 g/mol. The van der Waals surface area contributed by atoms with Crippen molar-refractivity contribution in [1.29, 1.82) is 0 Å². The number of benzene rings is 1. The first-order valence-electron chi connectivity index (χ1n) is 6.69. The van der Waals surface area contributed by atoms with Gasteiger partial charge in [-0.1, -0.05) is 29.8 Å². The molecule has 0 bridgehead atoms. The lowest BCUT2D eigenvalue weighted by atomic mass is 10.1. The summed E-state index contributed by atoms with van der Waals surface area (Å²) in [7, 11) is 0. The lowest BCUT2D eigenvalue weighted by molar-refractivity contribution is 0.865. The SMILES string of the molecule is Clc1ccc(-c2nn(-c3ccccn3)c3ncncc23)cc1. The number of fused-ring (bicyclic) bond motifs is 1. The smallest absolute Gasteiger partial charge is 0.168 e. The van der Waals surface area contributed by atoms with E-state index in [4.69, 9.17) is 11.6 Å². The van der Waals surface area contributed by atoms with Crippen LogP contribution < -0.4 is 0 Å². The molecule has 4 rings (SSSR count). The number of rotatable bonds is 2. The highest BCUT2D eigenvalue weighted by molar-refractivity contribution is 6.30. The number of hydrogen-bond acceptors (Lipinski definition) is 4. The summed E-state index contributed by atoms with van der Waals surface area (Å²) in [6, 6.07) is 13.2. The summed E-state index contributed by atoms with van der Waals surface area (Å²) in [6.07, 6.45) is 5.00. The summed E-state index contributed by atoms with van der Waals surface area (Å²) < 4.78 is 1.72. The molecule has 0 fully saturated rings. The zero-order valence-electron chi connectivity index (χ0n) is 11.4. The highest BCUT2D eigenvalue weighted by atomic mass is 35.5. The largest absolute Gasteiger partial charge is 0.244 e. The molecule has 22 heavy (non-hydrogen) atoms. The van der Waals surface area contributed by atoms with Gasteiger partial charge >= 0.3 is 0 Å². The fraction of sp³-hybridized carbons (Fsp3) is 0. The van der Waals surface area contributed by atoms with Gasteiger partial charge in [-0.2, -0.15) is 9.78 Å². The minimum atomic E-state index is 0.688. The van der Waals surface area contributed by atoms with Crippen molar-refractivity contribution in [2.24, 2.45) is 0 Å². The molecule has 6 heteroatoms. The van der Waals surface area contributed by atoms with Crippen LogP contribution in [0.1, 0.15) is 0 Å². The zero-order chi connectivity index (χ0) is 14.9. The maximum Gasteiger partial charge on any atom is 0.168 e. The second kappa shape index (κ2) is 5.20. The monoisotopic (exact) mass is 307 g/mol. The Kier molecular flexibility index (Phi) is 3.05. The van der Waals surface area contributed by atoms with Crippen LogP contribution in [-0.4, -0.2) is 24.7 Å². The molecular formula is C16H10ClN5. The molecule has 0 N–H and O–H groups in total. The molecule has 0 aliphatic heterocycles. The normalized spacial score (nSPS) is 11.0. The zero-order valence-corrected chi connectivity index (χ0v) is 12.1. The first kappa shape index (κ1) is 12.9. The van der Waals surface area contributed by atoms with Gasteiger partial charge in [-0.25, -0.2) is 15.0 Å². The highest BCUT2D eigenvalue weighted by Gasteiger charge is 2.15. The van der Waals surface area contributed by atoms with E-state index in [0.717, 1.165) is 22.3 Å². The average Bonchev–Trinajstić information content (AvgIpc) is 2.96. The van der Waals surface area contributed by atoms with Crippen molar-refractivity contribution in [3.8, 4) is 17.1 Å². The van der Waals surface area contributed by atoms with Crippen molar-refractivity contribution < 1.29 is 0 Å². The highest BCUT2D eigenvalue weighted by Crippen LogP contribution is 2.28. The summed E-state index contributed by atoms with van der Waals surface area (Å²) in [5, 5.41) is 6.23. The lowest BCUT2D eigenvalue weighted by Gasteiger charge is -2.00. The fourth-order valence-electron chi connectivity index (χ4n) is 2.32. The molecule has 0 spiro atoms. The summed E-state index contributed by atoms with van der Waals surface area (Å²) in [6.45, 7) is 0. The van der Waals surface area contributed by atoms with Crippen molar-refractivity contribution in [2.75, 3.05) is 0 Å². The van der Waals surface area contributed by atoms with Crippen LogP contribution in [0.15, 0.2) is 61.2 Å². The van der Waals surface area contributed by atoms with Gasteiger partial charge in [0.15, 0.2) is 11.5 Å². The Hall–Kier alpha value is -2.79. The van der Waals surface area contributed by atoms with Crippen LogP contribution in [0.5, 0.6) is 0 Å². The number of aromatic nitrogens is 5. The van der Waals surface area contributed by atoms with Crippen molar-refractivity contribution in [3.63, 3.8) is 0 Å². The molecule has 0 amide bonds. The van der Waals surface area contributed by atoms with E-state index >= 15 is 0 Å². The minimum absolute atomic E-state index is 0.688. The molecule has 0 saturated carbocycles. The van der Waals surface area contributed by atoms with Crippen LogP contribution >= 0.6 is 11.6 Å². The lowest BCUT2D eigenvalue weighted by Crippen LogP contribution is -2.00. The van der Waals surface area contributed by atoms with Gasteiger partial charge in [0.05, 0.1) is 5.39 Å². The van der Waals surface area contributed by atoms with Crippen LogP contribution in [0.2, 0.25) is 5.02 Å². The third-order valence-corrected chi connectivity index (χ3v) is 3.58. The molecule has 0 aliphatic rings. The number of hydrogen-bond donors (Lipinski definition) is 0. The molecule has 0 atom stereocenters. The molecule has 0 aliphatic carbocycles. The summed E-state index contributed by atoms with van der Waals surface area (Å²) in [4.78, 5) is 12.8. The Morgan fingerprint density at radius 3 is 2.59 bits per heavy atom. The summed E-state index contributed by atoms with van der Waals surface area (Å²) in [5.41, 5.74) is 2.48. The second-order valence-electron chi connectivity index (χ2n) is 4.72. The van der Waals surface area contributed by atoms with Crippen LogP contribution in [-0.2, 0) is 0 Å². The number of halogens is 1. The van der Waals surface area contributed by atoms with E-state index in [2.05, 4.69) is 20.1 Å². The van der Waals surface area contributed by atoms with E-state index in [1.54, 1.807) is 17.1 Å². The van der Waals surface area contributed by atoms with Crippen molar-refractivity contribution >= 4 is 22.6 Å². The van der Waals surface area contributed by atoms with E-state index in [1.165, 1.54) is 6.33 Å². The Bertz CT molecular complexity index is 932. The third kappa shape index (κ3) is 2.12. The van der Waals surface area contributed by atoms with Crippen molar-refractivity contribution in [1.82, 2.24) is 24.7 Å². The minimum Gasteiger partial charge on any atom is -0.244 e. The standard InChI is InChI=1S/C16H10ClN5/c17-12-6-4-11(5-7-12)15-13-9-18-10-20-16(13)22(21-15)14-3-1-2-8-19-14/h1-10H. The third-order valence-electron chi connectivity index (χ3n) is 3.33. The maximum atomic E-state index is 5.96. The first-order chi connectivity index (χ1) is 10.8. The molecular weight excluding hydrogens is 298 g/mol. The Morgan fingerprint density at radius 2 is 1.82 bits per heavy atom. The molecule has 3 aromatic heterocycles. The van der Waals surface area contributed by atoms with Gasteiger partial charge < -0.3 is 0 Å². The molecule has 106 valence electrons. The molecule has 1 aromatic carbocycles. The Balaban J connectivity index is 1.99.